The summed E-state index contributed by atoms with van der Waals surface area (Å²) in [5, 5.41) is 9.89. The van der Waals surface area contributed by atoms with Gasteiger partial charge in [0.15, 0.2) is 0 Å². The lowest BCUT2D eigenvalue weighted by atomic mass is 9.89. The first-order valence-electron chi connectivity index (χ1n) is 5.86. The SMILES string of the molecule is C=CCCOc1ccc2c(c1)[C@H](O)CCC2. The van der Waals surface area contributed by atoms with E-state index in [-0.39, 0.29) is 6.10 Å². The molecule has 0 bridgehead atoms. The third-order valence-electron chi connectivity index (χ3n) is 2.99. The van der Waals surface area contributed by atoms with Crippen molar-refractivity contribution in [1.82, 2.24) is 0 Å². The number of aryl methyl sites for hydroxylation is 1. The monoisotopic (exact) mass is 218 g/mol. The number of rotatable bonds is 4. The van der Waals surface area contributed by atoms with E-state index in [0.29, 0.717) is 6.61 Å². The fourth-order valence-corrected chi connectivity index (χ4v) is 2.10. The molecule has 0 amide bonds. The molecule has 0 saturated carbocycles. The fraction of sp³-hybridized carbons (Fsp3) is 0.429. The summed E-state index contributed by atoms with van der Waals surface area (Å²) in [6.45, 7) is 4.31. The van der Waals surface area contributed by atoms with Crippen LogP contribution in [0.15, 0.2) is 30.9 Å². The molecular formula is C14H18O2. The number of ether oxygens (including phenoxy) is 1. The zero-order valence-electron chi connectivity index (χ0n) is 9.48. The molecule has 1 aliphatic rings. The van der Waals surface area contributed by atoms with Crippen LogP contribution in [-0.2, 0) is 6.42 Å². The first-order valence-corrected chi connectivity index (χ1v) is 5.86. The molecule has 0 spiro atoms. The van der Waals surface area contributed by atoms with E-state index in [2.05, 4.69) is 12.6 Å². The average Bonchev–Trinajstić information content (AvgIpc) is 2.30. The van der Waals surface area contributed by atoms with Crippen LogP contribution < -0.4 is 4.74 Å². The van der Waals surface area contributed by atoms with E-state index in [9.17, 15) is 5.11 Å². The second kappa shape index (κ2) is 5.17. The van der Waals surface area contributed by atoms with Crippen molar-refractivity contribution >= 4 is 0 Å². The van der Waals surface area contributed by atoms with Crippen molar-refractivity contribution in [2.45, 2.75) is 31.8 Å². The van der Waals surface area contributed by atoms with Gasteiger partial charge in [0.2, 0.25) is 0 Å². The second-order valence-corrected chi connectivity index (χ2v) is 4.19. The van der Waals surface area contributed by atoms with E-state index in [1.54, 1.807) is 0 Å². The van der Waals surface area contributed by atoms with Gasteiger partial charge in [-0.05, 0) is 48.9 Å². The molecule has 1 aromatic carbocycles. The molecule has 0 saturated heterocycles. The van der Waals surface area contributed by atoms with Crippen LogP contribution in [0.25, 0.3) is 0 Å². The second-order valence-electron chi connectivity index (χ2n) is 4.19. The molecule has 1 atom stereocenters. The maximum atomic E-state index is 9.89. The van der Waals surface area contributed by atoms with Gasteiger partial charge in [0.1, 0.15) is 5.75 Å². The van der Waals surface area contributed by atoms with Crippen molar-refractivity contribution in [2.75, 3.05) is 6.61 Å². The van der Waals surface area contributed by atoms with Gasteiger partial charge in [0.25, 0.3) is 0 Å². The van der Waals surface area contributed by atoms with E-state index >= 15 is 0 Å². The first-order chi connectivity index (χ1) is 7.81. The molecule has 0 radical (unpaired) electrons. The minimum Gasteiger partial charge on any atom is -0.493 e. The number of aliphatic hydroxyl groups is 1. The molecule has 86 valence electrons. The summed E-state index contributed by atoms with van der Waals surface area (Å²) in [5.41, 5.74) is 2.30. The van der Waals surface area contributed by atoms with Crippen LogP contribution in [0.5, 0.6) is 5.75 Å². The molecule has 2 rings (SSSR count). The van der Waals surface area contributed by atoms with E-state index in [1.807, 2.05) is 18.2 Å². The first kappa shape index (κ1) is 11.2. The summed E-state index contributed by atoms with van der Waals surface area (Å²) in [5.74, 6) is 0.849. The van der Waals surface area contributed by atoms with Crippen LogP contribution in [0.4, 0.5) is 0 Å². The quantitative estimate of drug-likeness (QED) is 0.622. The molecule has 2 nitrogen and oxygen atoms in total. The molecular weight excluding hydrogens is 200 g/mol. The highest BCUT2D eigenvalue weighted by molar-refractivity contribution is 5.38. The highest BCUT2D eigenvalue weighted by Crippen LogP contribution is 2.32. The van der Waals surface area contributed by atoms with E-state index < -0.39 is 0 Å². The summed E-state index contributed by atoms with van der Waals surface area (Å²) in [6.07, 6.45) is 5.38. The van der Waals surface area contributed by atoms with Gasteiger partial charge in [-0.25, -0.2) is 0 Å². The van der Waals surface area contributed by atoms with Gasteiger partial charge in [0.05, 0.1) is 12.7 Å². The largest absolute Gasteiger partial charge is 0.493 e. The van der Waals surface area contributed by atoms with Crippen molar-refractivity contribution < 1.29 is 9.84 Å². The third-order valence-corrected chi connectivity index (χ3v) is 2.99. The van der Waals surface area contributed by atoms with Crippen LogP contribution in [0.3, 0.4) is 0 Å². The maximum Gasteiger partial charge on any atom is 0.119 e. The molecule has 1 N–H and O–H groups in total. The van der Waals surface area contributed by atoms with Gasteiger partial charge in [-0.2, -0.15) is 0 Å². The van der Waals surface area contributed by atoms with Crippen LogP contribution >= 0.6 is 0 Å². The Balaban J connectivity index is 2.11. The Morgan fingerprint density at radius 3 is 3.19 bits per heavy atom. The smallest absolute Gasteiger partial charge is 0.119 e. The Hall–Kier alpha value is -1.28. The van der Waals surface area contributed by atoms with Gasteiger partial charge in [-0.1, -0.05) is 12.1 Å². The van der Waals surface area contributed by atoms with Crippen molar-refractivity contribution in [3.8, 4) is 5.75 Å². The zero-order valence-corrected chi connectivity index (χ0v) is 9.48. The van der Waals surface area contributed by atoms with E-state index in [4.69, 9.17) is 4.74 Å². The minimum absolute atomic E-state index is 0.313. The van der Waals surface area contributed by atoms with Gasteiger partial charge < -0.3 is 9.84 Å². The number of fused-ring (bicyclic) bond motifs is 1. The average molecular weight is 218 g/mol. The normalized spacial score (nSPS) is 18.9. The fourth-order valence-electron chi connectivity index (χ4n) is 2.10. The van der Waals surface area contributed by atoms with Crippen LogP contribution in [0.2, 0.25) is 0 Å². The Labute approximate surface area is 96.6 Å². The number of hydrogen-bond donors (Lipinski definition) is 1. The lowest BCUT2D eigenvalue weighted by molar-refractivity contribution is 0.156. The molecule has 1 aliphatic carbocycles. The minimum atomic E-state index is -0.313. The molecule has 16 heavy (non-hydrogen) atoms. The van der Waals surface area contributed by atoms with Crippen LogP contribution in [0, 0.1) is 0 Å². The molecule has 0 unspecified atom stereocenters. The number of hydrogen-bond acceptors (Lipinski definition) is 2. The predicted molar refractivity (Wildman–Crippen MR) is 64.6 cm³/mol. The Morgan fingerprint density at radius 1 is 1.50 bits per heavy atom. The van der Waals surface area contributed by atoms with Crippen molar-refractivity contribution in [3.05, 3.63) is 42.0 Å². The Bertz CT molecular complexity index is 371. The Morgan fingerprint density at radius 2 is 2.38 bits per heavy atom. The molecule has 0 aliphatic heterocycles. The third kappa shape index (κ3) is 2.45. The number of benzene rings is 1. The van der Waals surface area contributed by atoms with E-state index in [0.717, 1.165) is 37.0 Å². The topological polar surface area (TPSA) is 29.5 Å². The molecule has 1 aromatic rings. The standard InChI is InChI=1S/C14H18O2/c1-2-3-9-16-12-8-7-11-5-4-6-14(15)13(11)10-12/h2,7-8,10,14-15H,1,3-6,9H2/t14-/m1/s1. The van der Waals surface area contributed by atoms with Gasteiger partial charge in [-0.3, -0.25) is 0 Å². The highest BCUT2D eigenvalue weighted by Gasteiger charge is 2.18. The summed E-state index contributed by atoms with van der Waals surface area (Å²) in [4.78, 5) is 0. The predicted octanol–water partition coefficient (Wildman–Crippen LogP) is 3.01. The van der Waals surface area contributed by atoms with Crippen LogP contribution in [0.1, 0.15) is 36.5 Å². The van der Waals surface area contributed by atoms with Crippen molar-refractivity contribution in [3.63, 3.8) is 0 Å². The lowest BCUT2D eigenvalue weighted by Gasteiger charge is -2.21. The van der Waals surface area contributed by atoms with E-state index in [1.165, 1.54) is 5.56 Å². The van der Waals surface area contributed by atoms with Crippen molar-refractivity contribution in [2.24, 2.45) is 0 Å². The Kier molecular flexibility index (Phi) is 3.62. The highest BCUT2D eigenvalue weighted by atomic mass is 16.5. The van der Waals surface area contributed by atoms with Crippen LogP contribution in [-0.4, -0.2) is 11.7 Å². The molecule has 0 fully saturated rings. The summed E-state index contributed by atoms with van der Waals surface area (Å²) in [6, 6.07) is 6.03. The molecule has 2 heteroatoms. The summed E-state index contributed by atoms with van der Waals surface area (Å²) in [7, 11) is 0. The number of aliphatic hydroxyl groups excluding tert-OH is 1. The summed E-state index contributed by atoms with van der Waals surface area (Å²) < 4.78 is 5.58. The van der Waals surface area contributed by atoms with Gasteiger partial charge in [-0.15, -0.1) is 6.58 Å². The van der Waals surface area contributed by atoms with Gasteiger partial charge >= 0.3 is 0 Å². The maximum absolute atomic E-state index is 9.89. The van der Waals surface area contributed by atoms with Crippen molar-refractivity contribution in [1.29, 1.82) is 0 Å². The molecule has 0 heterocycles. The van der Waals surface area contributed by atoms with Gasteiger partial charge in [0, 0.05) is 0 Å². The zero-order chi connectivity index (χ0) is 11.4. The molecule has 0 aromatic heterocycles. The summed E-state index contributed by atoms with van der Waals surface area (Å²) >= 11 is 0. The lowest BCUT2D eigenvalue weighted by Crippen LogP contribution is -2.09.